The average Bonchev–Trinajstić information content (AvgIpc) is 3.06. The first-order valence-electron chi connectivity index (χ1n) is 7.13. The van der Waals surface area contributed by atoms with Gasteiger partial charge in [-0.15, -0.1) is 0 Å². The van der Waals surface area contributed by atoms with Crippen molar-refractivity contribution in [3.63, 3.8) is 0 Å². The lowest BCUT2D eigenvalue weighted by Gasteiger charge is -2.23. The first-order chi connectivity index (χ1) is 9.64. The molecular weight excluding hydrogens is 250 g/mol. The first-order valence-corrected chi connectivity index (χ1v) is 7.13. The molecule has 0 spiro atoms. The number of anilines is 1. The number of aromatic nitrogens is 2. The number of hydrogen-bond acceptors (Lipinski definition) is 3. The van der Waals surface area contributed by atoms with E-state index in [1.165, 1.54) is 31.4 Å². The topological polar surface area (TPSA) is 63.9 Å². The van der Waals surface area contributed by atoms with Crippen molar-refractivity contribution < 1.29 is 4.74 Å². The molecule has 1 aliphatic rings. The Balaban J connectivity index is 2.06. The van der Waals surface area contributed by atoms with Gasteiger partial charge in [0.1, 0.15) is 5.75 Å². The van der Waals surface area contributed by atoms with Crippen molar-refractivity contribution in [1.82, 2.24) is 10.2 Å². The summed E-state index contributed by atoms with van der Waals surface area (Å²) in [5, 5.41) is 7.42. The van der Waals surface area contributed by atoms with Gasteiger partial charge in [-0.2, -0.15) is 5.10 Å². The van der Waals surface area contributed by atoms with Gasteiger partial charge in [-0.25, -0.2) is 0 Å². The molecule has 4 nitrogen and oxygen atoms in total. The third-order valence-electron chi connectivity index (χ3n) is 4.48. The van der Waals surface area contributed by atoms with Crippen LogP contribution < -0.4 is 10.5 Å². The van der Waals surface area contributed by atoms with Crippen molar-refractivity contribution in [2.24, 2.45) is 0 Å². The number of nitrogen functional groups attached to an aromatic ring is 1. The standard InChI is InChI=1S/C16H21N3O/c1-16(9-3-4-10-16)14-13(15(17)19-18-14)11-5-7-12(20-2)8-6-11/h5-8H,3-4,9-10H2,1-2H3,(H3,17,18,19). The molecule has 1 aromatic carbocycles. The second-order valence-corrected chi connectivity index (χ2v) is 5.86. The monoisotopic (exact) mass is 271 g/mol. The number of methoxy groups -OCH3 is 1. The lowest BCUT2D eigenvalue weighted by molar-refractivity contribution is 0.415. The van der Waals surface area contributed by atoms with E-state index >= 15 is 0 Å². The van der Waals surface area contributed by atoms with E-state index in [4.69, 9.17) is 10.5 Å². The highest BCUT2D eigenvalue weighted by molar-refractivity contribution is 5.77. The molecular formula is C16H21N3O. The quantitative estimate of drug-likeness (QED) is 0.898. The van der Waals surface area contributed by atoms with Crippen LogP contribution in [0.1, 0.15) is 38.3 Å². The molecule has 1 aromatic heterocycles. The third-order valence-corrected chi connectivity index (χ3v) is 4.48. The Morgan fingerprint density at radius 1 is 1.20 bits per heavy atom. The van der Waals surface area contributed by atoms with Gasteiger partial charge in [-0.3, -0.25) is 5.10 Å². The molecule has 3 N–H and O–H groups in total. The lowest BCUT2D eigenvalue weighted by Crippen LogP contribution is -2.18. The van der Waals surface area contributed by atoms with Crippen molar-refractivity contribution in [2.45, 2.75) is 38.0 Å². The Morgan fingerprint density at radius 2 is 1.85 bits per heavy atom. The maximum absolute atomic E-state index is 6.10. The number of ether oxygens (including phenoxy) is 1. The van der Waals surface area contributed by atoms with Crippen LogP contribution >= 0.6 is 0 Å². The van der Waals surface area contributed by atoms with Gasteiger partial charge in [-0.1, -0.05) is 31.9 Å². The van der Waals surface area contributed by atoms with Crippen LogP contribution in [0.4, 0.5) is 5.82 Å². The molecule has 0 amide bonds. The summed E-state index contributed by atoms with van der Waals surface area (Å²) in [7, 11) is 1.67. The van der Waals surface area contributed by atoms with E-state index in [0.717, 1.165) is 16.9 Å². The maximum atomic E-state index is 6.10. The number of hydrogen-bond donors (Lipinski definition) is 2. The summed E-state index contributed by atoms with van der Waals surface area (Å²) in [6.45, 7) is 2.31. The number of rotatable bonds is 3. The SMILES string of the molecule is COc1ccc(-c2c(N)n[nH]c2C2(C)CCCC2)cc1. The van der Waals surface area contributed by atoms with E-state index in [1.54, 1.807) is 7.11 Å². The summed E-state index contributed by atoms with van der Waals surface area (Å²) in [4.78, 5) is 0. The van der Waals surface area contributed by atoms with Gasteiger partial charge in [0.05, 0.1) is 12.8 Å². The molecule has 1 saturated carbocycles. The molecule has 0 unspecified atom stereocenters. The molecule has 0 saturated heterocycles. The van der Waals surface area contributed by atoms with E-state index in [0.29, 0.717) is 5.82 Å². The Morgan fingerprint density at radius 3 is 2.45 bits per heavy atom. The molecule has 1 fully saturated rings. The van der Waals surface area contributed by atoms with Crippen molar-refractivity contribution in [2.75, 3.05) is 12.8 Å². The summed E-state index contributed by atoms with van der Waals surface area (Å²) in [5.74, 6) is 1.43. The fourth-order valence-corrected chi connectivity index (χ4v) is 3.25. The minimum atomic E-state index is 0.167. The predicted molar refractivity (Wildman–Crippen MR) is 80.8 cm³/mol. The van der Waals surface area contributed by atoms with E-state index < -0.39 is 0 Å². The summed E-state index contributed by atoms with van der Waals surface area (Å²) < 4.78 is 5.21. The van der Waals surface area contributed by atoms with Gasteiger partial charge in [0.15, 0.2) is 5.82 Å². The lowest BCUT2D eigenvalue weighted by atomic mass is 9.81. The van der Waals surface area contributed by atoms with Crippen LogP contribution in [0, 0.1) is 0 Å². The van der Waals surface area contributed by atoms with E-state index in [9.17, 15) is 0 Å². The second kappa shape index (κ2) is 4.85. The fraction of sp³-hybridized carbons (Fsp3) is 0.438. The molecule has 0 atom stereocenters. The van der Waals surface area contributed by atoms with E-state index in [-0.39, 0.29) is 5.41 Å². The van der Waals surface area contributed by atoms with Gasteiger partial charge in [-0.05, 0) is 30.5 Å². The van der Waals surface area contributed by atoms with Crippen molar-refractivity contribution in [1.29, 1.82) is 0 Å². The highest BCUT2D eigenvalue weighted by Gasteiger charge is 2.35. The van der Waals surface area contributed by atoms with Crippen LogP contribution in [0.2, 0.25) is 0 Å². The zero-order chi connectivity index (χ0) is 14.2. The van der Waals surface area contributed by atoms with E-state index in [2.05, 4.69) is 17.1 Å². The van der Waals surface area contributed by atoms with Crippen LogP contribution in [0.15, 0.2) is 24.3 Å². The summed E-state index contributed by atoms with van der Waals surface area (Å²) >= 11 is 0. The normalized spacial score (nSPS) is 17.3. The number of nitrogens with zero attached hydrogens (tertiary/aromatic N) is 1. The minimum Gasteiger partial charge on any atom is -0.497 e. The van der Waals surface area contributed by atoms with Crippen LogP contribution in [-0.2, 0) is 5.41 Å². The number of benzene rings is 1. The number of H-pyrrole nitrogens is 1. The van der Waals surface area contributed by atoms with Gasteiger partial charge in [0, 0.05) is 11.0 Å². The van der Waals surface area contributed by atoms with Gasteiger partial charge >= 0.3 is 0 Å². The van der Waals surface area contributed by atoms with E-state index in [1.807, 2.05) is 24.3 Å². The number of nitrogens with two attached hydrogens (primary N) is 1. The molecule has 1 heterocycles. The van der Waals surface area contributed by atoms with Crippen LogP contribution in [0.25, 0.3) is 11.1 Å². The average molecular weight is 271 g/mol. The summed E-state index contributed by atoms with van der Waals surface area (Å²) in [6, 6.07) is 8.01. The predicted octanol–water partition coefficient (Wildman–Crippen LogP) is 3.50. The molecule has 3 rings (SSSR count). The highest BCUT2D eigenvalue weighted by Crippen LogP contribution is 2.45. The molecule has 2 aromatic rings. The molecule has 20 heavy (non-hydrogen) atoms. The zero-order valence-electron chi connectivity index (χ0n) is 12.1. The fourth-order valence-electron chi connectivity index (χ4n) is 3.25. The Hall–Kier alpha value is -1.97. The van der Waals surface area contributed by atoms with Crippen LogP contribution in [0.5, 0.6) is 5.75 Å². The first kappa shape index (κ1) is 13.0. The minimum absolute atomic E-state index is 0.167. The number of nitrogens with one attached hydrogen (secondary N) is 1. The smallest absolute Gasteiger partial charge is 0.153 e. The van der Waals surface area contributed by atoms with Crippen molar-refractivity contribution in [3.8, 4) is 16.9 Å². The van der Waals surface area contributed by atoms with Crippen LogP contribution in [-0.4, -0.2) is 17.3 Å². The molecule has 106 valence electrons. The van der Waals surface area contributed by atoms with Gasteiger partial charge < -0.3 is 10.5 Å². The van der Waals surface area contributed by atoms with Gasteiger partial charge in [0.2, 0.25) is 0 Å². The summed E-state index contributed by atoms with van der Waals surface area (Å²) in [6.07, 6.45) is 4.94. The Labute approximate surface area is 119 Å². The molecule has 0 aliphatic heterocycles. The second-order valence-electron chi connectivity index (χ2n) is 5.86. The zero-order valence-corrected chi connectivity index (χ0v) is 12.1. The molecule has 1 aliphatic carbocycles. The summed E-state index contributed by atoms with van der Waals surface area (Å²) in [5.41, 5.74) is 9.59. The van der Waals surface area contributed by atoms with Crippen molar-refractivity contribution in [3.05, 3.63) is 30.0 Å². The van der Waals surface area contributed by atoms with Crippen molar-refractivity contribution >= 4 is 5.82 Å². The Kier molecular flexibility index (Phi) is 3.16. The molecule has 0 radical (unpaired) electrons. The highest BCUT2D eigenvalue weighted by atomic mass is 16.5. The maximum Gasteiger partial charge on any atom is 0.153 e. The third kappa shape index (κ3) is 2.05. The largest absolute Gasteiger partial charge is 0.497 e. The molecule has 4 heteroatoms. The van der Waals surface area contributed by atoms with Gasteiger partial charge in [0.25, 0.3) is 0 Å². The van der Waals surface area contributed by atoms with Crippen LogP contribution in [0.3, 0.4) is 0 Å². The molecule has 0 bridgehead atoms. The Bertz CT molecular complexity index is 595. The number of aromatic amines is 1.